The topological polar surface area (TPSA) is 77.6 Å². The number of nitrogens with zero attached hydrogens (tertiary/aromatic N) is 3. The molecule has 144 valence electrons. The highest BCUT2D eigenvalue weighted by Crippen LogP contribution is 2.25. The van der Waals surface area contributed by atoms with Gasteiger partial charge in [0.15, 0.2) is 5.76 Å². The average molecular weight is 379 g/mol. The predicted molar refractivity (Wildman–Crippen MR) is 102 cm³/mol. The smallest absolute Gasteiger partial charge is 0.289 e. The molecule has 28 heavy (non-hydrogen) atoms. The van der Waals surface area contributed by atoms with Crippen LogP contribution in [0.1, 0.15) is 34.7 Å². The summed E-state index contributed by atoms with van der Waals surface area (Å²) in [6.07, 6.45) is 2.46. The summed E-state index contributed by atoms with van der Waals surface area (Å²) in [4.78, 5) is 27.3. The van der Waals surface area contributed by atoms with Gasteiger partial charge in [-0.15, -0.1) is 0 Å². The van der Waals surface area contributed by atoms with Gasteiger partial charge in [0.25, 0.3) is 11.5 Å². The van der Waals surface area contributed by atoms with Gasteiger partial charge in [-0.25, -0.2) is 4.68 Å². The van der Waals surface area contributed by atoms with Crippen molar-refractivity contribution in [3.05, 3.63) is 63.8 Å². The SMILES string of the molecule is O=C(c1cc2ccccc2o1)N1CCCC1Cn1nc2c(cc1=O)COCC2. The summed E-state index contributed by atoms with van der Waals surface area (Å²) in [7, 11) is 0. The van der Waals surface area contributed by atoms with Crippen LogP contribution in [0.25, 0.3) is 11.0 Å². The van der Waals surface area contributed by atoms with Crippen LogP contribution in [-0.2, 0) is 24.3 Å². The summed E-state index contributed by atoms with van der Waals surface area (Å²) in [5, 5.41) is 5.45. The van der Waals surface area contributed by atoms with Crippen molar-refractivity contribution in [2.24, 2.45) is 0 Å². The zero-order chi connectivity index (χ0) is 19.1. The van der Waals surface area contributed by atoms with Crippen LogP contribution in [0.4, 0.5) is 0 Å². The number of furan rings is 1. The van der Waals surface area contributed by atoms with Gasteiger partial charge in [-0.05, 0) is 25.0 Å². The second-order valence-corrected chi connectivity index (χ2v) is 7.38. The van der Waals surface area contributed by atoms with E-state index in [9.17, 15) is 9.59 Å². The van der Waals surface area contributed by atoms with Gasteiger partial charge in [0, 0.05) is 30.0 Å². The predicted octanol–water partition coefficient (Wildman–Crippen LogP) is 2.37. The fourth-order valence-electron chi connectivity index (χ4n) is 4.10. The Morgan fingerprint density at radius 1 is 1.25 bits per heavy atom. The number of likely N-dealkylation sites (tertiary alicyclic amines) is 1. The van der Waals surface area contributed by atoms with E-state index in [4.69, 9.17) is 9.15 Å². The highest BCUT2D eigenvalue weighted by Gasteiger charge is 2.32. The number of carbonyl (C=O) groups is 1. The zero-order valence-electron chi connectivity index (χ0n) is 15.5. The summed E-state index contributed by atoms with van der Waals surface area (Å²) in [5.41, 5.74) is 2.34. The van der Waals surface area contributed by atoms with Crippen LogP contribution in [0.2, 0.25) is 0 Å². The lowest BCUT2D eigenvalue weighted by Gasteiger charge is -2.25. The summed E-state index contributed by atoms with van der Waals surface area (Å²) >= 11 is 0. The van der Waals surface area contributed by atoms with E-state index in [2.05, 4.69) is 5.10 Å². The summed E-state index contributed by atoms with van der Waals surface area (Å²) in [6, 6.07) is 10.9. The number of carbonyl (C=O) groups excluding carboxylic acids is 1. The maximum absolute atomic E-state index is 13.0. The Hall–Kier alpha value is -2.93. The molecular weight excluding hydrogens is 358 g/mol. The molecule has 2 aliphatic heterocycles. The molecule has 1 amide bonds. The maximum Gasteiger partial charge on any atom is 0.289 e. The molecule has 2 aromatic heterocycles. The maximum atomic E-state index is 13.0. The number of aromatic nitrogens is 2. The fourth-order valence-corrected chi connectivity index (χ4v) is 4.10. The van der Waals surface area contributed by atoms with E-state index in [-0.39, 0.29) is 17.5 Å². The molecule has 0 bridgehead atoms. The Balaban J connectivity index is 1.39. The minimum atomic E-state index is -0.146. The van der Waals surface area contributed by atoms with Gasteiger partial charge in [0.2, 0.25) is 0 Å². The molecule has 0 aliphatic carbocycles. The van der Waals surface area contributed by atoms with Crippen LogP contribution in [0.3, 0.4) is 0 Å². The van der Waals surface area contributed by atoms with Crippen LogP contribution in [0, 0.1) is 0 Å². The number of amides is 1. The fraction of sp³-hybridized carbons (Fsp3) is 0.381. The van der Waals surface area contributed by atoms with Crippen molar-refractivity contribution in [2.75, 3.05) is 13.2 Å². The molecule has 7 nitrogen and oxygen atoms in total. The van der Waals surface area contributed by atoms with Gasteiger partial charge >= 0.3 is 0 Å². The van der Waals surface area contributed by atoms with Gasteiger partial charge in [0.1, 0.15) is 5.58 Å². The average Bonchev–Trinajstić information content (AvgIpc) is 3.34. The second-order valence-electron chi connectivity index (χ2n) is 7.38. The molecule has 4 heterocycles. The van der Waals surface area contributed by atoms with E-state index in [0.717, 1.165) is 29.5 Å². The molecule has 0 radical (unpaired) electrons. The molecule has 5 rings (SSSR count). The van der Waals surface area contributed by atoms with E-state index in [1.165, 1.54) is 4.68 Å². The van der Waals surface area contributed by atoms with Crippen LogP contribution >= 0.6 is 0 Å². The number of rotatable bonds is 3. The number of benzene rings is 1. The first-order chi connectivity index (χ1) is 13.7. The molecule has 1 atom stereocenters. The van der Waals surface area contributed by atoms with E-state index in [1.54, 1.807) is 12.1 Å². The van der Waals surface area contributed by atoms with Gasteiger partial charge in [-0.1, -0.05) is 18.2 Å². The highest BCUT2D eigenvalue weighted by atomic mass is 16.5. The first-order valence-corrected chi connectivity index (χ1v) is 9.66. The van der Waals surface area contributed by atoms with E-state index in [1.807, 2.05) is 29.2 Å². The van der Waals surface area contributed by atoms with Gasteiger partial charge in [0.05, 0.1) is 31.5 Å². The number of ether oxygens (including phenoxy) is 1. The van der Waals surface area contributed by atoms with Crippen molar-refractivity contribution in [3.63, 3.8) is 0 Å². The molecule has 0 spiro atoms. The Labute approximate surface area is 161 Å². The Bertz CT molecular complexity index is 1070. The molecule has 7 heteroatoms. The van der Waals surface area contributed by atoms with Crippen molar-refractivity contribution in [1.29, 1.82) is 0 Å². The Kier molecular flexibility index (Phi) is 4.24. The lowest BCUT2D eigenvalue weighted by molar-refractivity contribution is 0.0689. The highest BCUT2D eigenvalue weighted by molar-refractivity contribution is 5.96. The number of hydrogen-bond donors (Lipinski definition) is 0. The first kappa shape index (κ1) is 17.2. The zero-order valence-corrected chi connectivity index (χ0v) is 15.5. The summed E-state index contributed by atoms with van der Waals surface area (Å²) < 4.78 is 12.6. The Morgan fingerprint density at radius 2 is 2.14 bits per heavy atom. The third kappa shape index (κ3) is 3.01. The van der Waals surface area contributed by atoms with Crippen molar-refractivity contribution >= 4 is 16.9 Å². The second kappa shape index (κ2) is 6.91. The van der Waals surface area contributed by atoms with Crippen LogP contribution < -0.4 is 5.56 Å². The van der Waals surface area contributed by atoms with Crippen LogP contribution in [0.5, 0.6) is 0 Å². The normalized spacial score (nSPS) is 19.1. The minimum absolute atomic E-state index is 0.0659. The van der Waals surface area contributed by atoms with E-state index < -0.39 is 0 Å². The third-order valence-corrected chi connectivity index (χ3v) is 5.56. The Morgan fingerprint density at radius 3 is 3.04 bits per heavy atom. The molecule has 2 aliphatic rings. The van der Waals surface area contributed by atoms with E-state index >= 15 is 0 Å². The molecule has 1 fully saturated rings. The number of hydrogen-bond acceptors (Lipinski definition) is 5. The number of para-hydroxylation sites is 1. The van der Waals surface area contributed by atoms with E-state index in [0.29, 0.717) is 44.1 Å². The van der Waals surface area contributed by atoms with Crippen molar-refractivity contribution in [3.8, 4) is 0 Å². The number of fused-ring (bicyclic) bond motifs is 2. The van der Waals surface area contributed by atoms with Crippen molar-refractivity contribution in [2.45, 2.75) is 38.5 Å². The van der Waals surface area contributed by atoms with Gasteiger partial charge in [-0.2, -0.15) is 5.10 Å². The molecule has 0 saturated carbocycles. The van der Waals surface area contributed by atoms with Crippen LogP contribution in [-0.4, -0.2) is 39.8 Å². The molecule has 3 aromatic rings. The minimum Gasteiger partial charge on any atom is -0.451 e. The lowest BCUT2D eigenvalue weighted by Crippen LogP contribution is -2.41. The van der Waals surface area contributed by atoms with Crippen molar-refractivity contribution < 1.29 is 13.9 Å². The molecule has 1 unspecified atom stereocenters. The lowest BCUT2D eigenvalue weighted by atomic mass is 10.1. The molecule has 1 saturated heterocycles. The standard InChI is InChI=1S/C21H21N3O4/c25-20-11-15-13-27-9-7-17(15)22-24(20)12-16-5-3-8-23(16)21(26)19-10-14-4-1-2-6-18(14)28-19/h1-2,4,6,10-11,16H,3,5,7-9,12-13H2. The largest absolute Gasteiger partial charge is 0.451 e. The molecule has 0 N–H and O–H groups in total. The monoisotopic (exact) mass is 379 g/mol. The summed E-state index contributed by atoms with van der Waals surface area (Å²) in [6.45, 7) is 2.13. The van der Waals surface area contributed by atoms with Crippen LogP contribution in [0.15, 0.2) is 45.6 Å². The van der Waals surface area contributed by atoms with Gasteiger partial charge < -0.3 is 14.1 Å². The molecular formula is C21H21N3O4. The quantitative estimate of drug-likeness (QED) is 0.698. The van der Waals surface area contributed by atoms with Crippen molar-refractivity contribution in [1.82, 2.24) is 14.7 Å². The first-order valence-electron chi connectivity index (χ1n) is 9.66. The third-order valence-electron chi connectivity index (χ3n) is 5.56. The molecule has 1 aromatic carbocycles. The summed E-state index contributed by atoms with van der Waals surface area (Å²) in [5.74, 6) is 0.217. The van der Waals surface area contributed by atoms with Gasteiger partial charge in [-0.3, -0.25) is 9.59 Å².